The molecule has 2 aromatic carbocycles. The Morgan fingerprint density at radius 2 is 2.04 bits per heavy atom. The highest BCUT2D eigenvalue weighted by Gasteiger charge is 2.24. The number of hydrogen-bond acceptors (Lipinski definition) is 4. The maximum atomic E-state index is 12.6. The van der Waals surface area contributed by atoms with Crippen LogP contribution in [0.2, 0.25) is 0 Å². The van der Waals surface area contributed by atoms with E-state index >= 15 is 0 Å². The van der Waals surface area contributed by atoms with Crippen molar-refractivity contribution in [3.8, 4) is 6.07 Å². The number of nitrogens with zero attached hydrogens (tertiary/aromatic N) is 2. The van der Waals surface area contributed by atoms with Gasteiger partial charge >= 0.3 is 0 Å². The van der Waals surface area contributed by atoms with Crippen LogP contribution in [0.3, 0.4) is 0 Å². The van der Waals surface area contributed by atoms with E-state index < -0.39 is 0 Å². The molecule has 0 radical (unpaired) electrons. The van der Waals surface area contributed by atoms with Crippen molar-refractivity contribution >= 4 is 29.0 Å². The first kappa shape index (κ1) is 17.4. The summed E-state index contributed by atoms with van der Waals surface area (Å²) in [5.41, 5.74) is 3.23. The molecule has 128 valence electrons. The minimum Gasteiger partial charge on any atom is -0.359 e. The summed E-state index contributed by atoms with van der Waals surface area (Å²) in [7, 11) is 0. The summed E-state index contributed by atoms with van der Waals surface area (Å²) >= 11 is 1.43. The minimum absolute atomic E-state index is 0.0337. The van der Waals surface area contributed by atoms with Crippen molar-refractivity contribution < 1.29 is 4.79 Å². The average molecular weight is 351 g/mol. The topological polar surface area (TPSA) is 56.1 Å². The Morgan fingerprint density at radius 3 is 2.88 bits per heavy atom. The van der Waals surface area contributed by atoms with E-state index in [1.54, 1.807) is 0 Å². The number of para-hydroxylation sites is 2. The standard InChI is InChI=1S/C20H21N3OS/c1-15-10-11-16-6-2-4-8-18(16)23(15)14-20(24)22-17-7-3-5-9-19(17)25-13-12-21/h2-9,15H,10-11,13-14H2,1H3,(H,22,24)/t15-/m1/s1. The van der Waals surface area contributed by atoms with Gasteiger partial charge in [0.25, 0.3) is 0 Å². The van der Waals surface area contributed by atoms with Crippen LogP contribution in [0.1, 0.15) is 18.9 Å². The Hall–Kier alpha value is -2.45. The largest absolute Gasteiger partial charge is 0.359 e. The lowest BCUT2D eigenvalue weighted by atomic mass is 9.96. The second-order valence-corrected chi connectivity index (χ2v) is 7.15. The summed E-state index contributed by atoms with van der Waals surface area (Å²) < 4.78 is 0. The molecule has 1 atom stereocenters. The molecule has 1 heterocycles. The number of thioether (sulfide) groups is 1. The Kier molecular flexibility index (Phi) is 5.62. The molecule has 0 aromatic heterocycles. The number of carbonyl (C=O) groups is 1. The van der Waals surface area contributed by atoms with E-state index in [1.165, 1.54) is 17.3 Å². The number of rotatable bonds is 5. The third-order valence-electron chi connectivity index (χ3n) is 4.43. The van der Waals surface area contributed by atoms with E-state index in [0.29, 0.717) is 18.3 Å². The minimum atomic E-state index is -0.0337. The molecule has 3 rings (SSSR count). The van der Waals surface area contributed by atoms with Crippen LogP contribution in [-0.4, -0.2) is 24.2 Å². The summed E-state index contributed by atoms with van der Waals surface area (Å²) in [6.45, 7) is 2.50. The van der Waals surface area contributed by atoms with Gasteiger partial charge in [-0.25, -0.2) is 0 Å². The second-order valence-electron chi connectivity index (χ2n) is 6.14. The molecule has 0 unspecified atom stereocenters. The van der Waals surface area contributed by atoms with Crippen molar-refractivity contribution in [1.29, 1.82) is 5.26 Å². The van der Waals surface area contributed by atoms with Crippen LogP contribution in [0.4, 0.5) is 11.4 Å². The fraction of sp³-hybridized carbons (Fsp3) is 0.300. The van der Waals surface area contributed by atoms with Crippen LogP contribution in [-0.2, 0) is 11.2 Å². The maximum absolute atomic E-state index is 12.6. The number of anilines is 2. The predicted octanol–water partition coefficient (Wildman–Crippen LogP) is 4.08. The number of nitriles is 1. The molecule has 0 fully saturated rings. The Balaban J connectivity index is 1.72. The number of amides is 1. The summed E-state index contributed by atoms with van der Waals surface area (Å²) in [5, 5.41) is 11.8. The molecule has 0 spiro atoms. The first-order chi connectivity index (χ1) is 12.2. The molecule has 1 aliphatic heterocycles. The van der Waals surface area contributed by atoms with Crippen LogP contribution < -0.4 is 10.2 Å². The van der Waals surface area contributed by atoms with E-state index in [1.807, 2.05) is 30.3 Å². The fourth-order valence-electron chi connectivity index (χ4n) is 3.15. The van der Waals surface area contributed by atoms with Crippen molar-refractivity contribution in [2.75, 3.05) is 22.5 Å². The first-order valence-corrected chi connectivity index (χ1v) is 9.41. The molecule has 0 saturated carbocycles. The van der Waals surface area contributed by atoms with E-state index in [0.717, 1.165) is 29.1 Å². The first-order valence-electron chi connectivity index (χ1n) is 8.42. The van der Waals surface area contributed by atoms with Crippen molar-refractivity contribution in [2.45, 2.75) is 30.7 Å². The molecule has 0 bridgehead atoms. The van der Waals surface area contributed by atoms with Crippen LogP contribution in [0.15, 0.2) is 53.4 Å². The SMILES string of the molecule is C[C@@H]1CCc2ccccc2N1CC(=O)Nc1ccccc1SCC#N. The molecule has 5 heteroatoms. The molecule has 4 nitrogen and oxygen atoms in total. The smallest absolute Gasteiger partial charge is 0.243 e. The lowest BCUT2D eigenvalue weighted by Crippen LogP contribution is -2.42. The molecule has 2 aromatic rings. The number of benzene rings is 2. The van der Waals surface area contributed by atoms with Gasteiger partial charge in [-0.05, 0) is 43.5 Å². The highest BCUT2D eigenvalue weighted by atomic mass is 32.2. The zero-order chi connectivity index (χ0) is 17.6. The van der Waals surface area contributed by atoms with Crippen molar-refractivity contribution in [1.82, 2.24) is 0 Å². The Labute approximate surface area is 152 Å². The molecule has 1 aliphatic rings. The maximum Gasteiger partial charge on any atom is 0.243 e. The molecular formula is C20H21N3OS. The van der Waals surface area contributed by atoms with Crippen molar-refractivity contribution in [3.05, 3.63) is 54.1 Å². The van der Waals surface area contributed by atoms with E-state index in [-0.39, 0.29) is 5.91 Å². The Bertz CT molecular complexity index is 800. The van der Waals surface area contributed by atoms with Gasteiger partial charge in [-0.2, -0.15) is 5.26 Å². The predicted molar refractivity (Wildman–Crippen MR) is 103 cm³/mol. The van der Waals surface area contributed by atoms with Gasteiger partial charge in [0.2, 0.25) is 5.91 Å². The molecule has 1 N–H and O–H groups in total. The zero-order valence-electron chi connectivity index (χ0n) is 14.2. The molecule has 1 amide bonds. The highest BCUT2D eigenvalue weighted by Crippen LogP contribution is 2.31. The number of hydrogen-bond donors (Lipinski definition) is 1. The second kappa shape index (κ2) is 8.09. The van der Waals surface area contributed by atoms with E-state index in [4.69, 9.17) is 5.26 Å². The summed E-state index contributed by atoms with van der Waals surface area (Å²) in [6.07, 6.45) is 2.11. The zero-order valence-corrected chi connectivity index (χ0v) is 15.1. The van der Waals surface area contributed by atoms with Gasteiger partial charge in [-0.1, -0.05) is 30.3 Å². The van der Waals surface area contributed by atoms with Crippen LogP contribution >= 0.6 is 11.8 Å². The van der Waals surface area contributed by atoms with Gasteiger partial charge in [0.15, 0.2) is 0 Å². The van der Waals surface area contributed by atoms with Crippen LogP contribution in [0.25, 0.3) is 0 Å². The lowest BCUT2D eigenvalue weighted by Gasteiger charge is -2.36. The van der Waals surface area contributed by atoms with Crippen molar-refractivity contribution in [3.63, 3.8) is 0 Å². The molecule has 25 heavy (non-hydrogen) atoms. The van der Waals surface area contributed by atoms with E-state index in [2.05, 4.69) is 41.4 Å². The fourth-order valence-corrected chi connectivity index (χ4v) is 3.82. The van der Waals surface area contributed by atoms with Gasteiger partial charge in [-0.3, -0.25) is 4.79 Å². The van der Waals surface area contributed by atoms with E-state index in [9.17, 15) is 4.79 Å². The Morgan fingerprint density at radius 1 is 1.28 bits per heavy atom. The third-order valence-corrected chi connectivity index (χ3v) is 5.37. The normalized spacial score (nSPS) is 16.0. The summed E-state index contributed by atoms with van der Waals surface area (Å²) in [4.78, 5) is 15.7. The van der Waals surface area contributed by atoms with Gasteiger partial charge in [0, 0.05) is 16.6 Å². The monoisotopic (exact) mass is 351 g/mol. The highest BCUT2D eigenvalue weighted by molar-refractivity contribution is 7.99. The number of nitrogens with one attached hydrogen (secondary N) is 1. The number of fused-ring (bicyclic) bond motifs is 1. The summed E-state index contributed by atoms with van der Waals surface area (Å²) in [6, 6.07) is 18.4. The van der Waals surface area contributed by atoms with Crippen LogP contribution in [0, 0.1) is 11.3 Å². The van der Waals surface area contributed by atoms with Gasteiger partial charge in [0.1, 0.15) is 0 Å². The average Bonchev–Trinajstić information content (AvgIpc) is 2.63. The lowest BCUT2D eigenvalue weighted by molar-refractivity contribution is -0.115. The van der Waals surface area contributed by atoms with Gasteiger partial charge in [0.05, 0.1) is 24.1 Å². The number of aryl methyl sites for hydroxylation is 1. The number of carbonyl (C=O) groups excluding carboxylic acids is 1. The van der Waals surface area contributed by atoms with Crippen molar-refractivity contribution in [2.24, 2.45) is 0 Å². The molecular weight excluding hydrogens is 330 g/mol. The molecule has 0 aliphatic carbocycles. The molecule has 0 saturated heterocycles. The van der Waals surface area contributed by atoms with Gasteiger partial charge < -0.3 is 10.2 Å². The van der Waals surface area contributed by atoms with Gasteiger partial charge in [-0.15, -0.1) is 11.8 Å². The van der Waals surface area contributed by atoms with Crippen LogP contribution in [0.5, 0.6) is 0 Å². The summed E-state index contributed by atoms with van der Waals surface area (Å²) in [5.74, 6) is 0.331. The quantitative estimate of drug-likeness (QED) is 0.825. The third kappa shape index (κ3) is 4.15.